The Morgan fingerprint density at radius 3 is 2.80 bits per heavy atom. The standard InChI is InChI=1S/C14H15FN2O3/c15-12-6-5-10(3-2-8-18)9-11(12)14(20)17-7-1-4-13(16)19/h5-6,9,18H,1,4,7-8H2,(H2,16,19)(H,17,20). The van der Waals surface area contributed by atoms with Gasteiger partial charge in [0.2, 0.25) is 5.91 Å². The van der Waals surface area contributed by atoms with Gasteiger partial charge in [-0.1, -0.05) is 11.8 Å². The second-order valence-corrected chi connectivity index (χ2v) is 3.98. The molecule has 6 heteroatoms. The molecule has 0 heterocycles. The fourth-order valence-electron chi connectivity index (χ4n) is 1.48. The van der Waals surface area contributed by atoms with Gasteiger partial charge in [-0.2, -0.15) is 0 Å². The number of primary amides is 1. The summed E-state index contributed by atoms with van der Waals surface area (Å²) >= 11 is 0. The van der Waals surface area contributed by atoms with E-state index in [1.807, 2.05) is 0 Å². The van der Waals surface area contributed by atoms with E-state index in [1.165, 1.54) is 12.1 Å². The molecule has 5 nitrogen and oxygen atoms in total. The van der Waals surface area contributed by atoms with Crippen LogP contribution >= 0.6 is 0 Å². The van der Waals surface area contributed by atoms with Crippen molar-refractivity contribution >= 4 is 11.8 Å². The molecule has 1 aromatic rings. The highest BCUT2D eigenvalue weighted by atomic mass is 19.1. The average molecular weight is 278 g/mol. The normalized spacial score (nSPS) is 9.50. The third kappa shape index (κ3) is 5.08. The van der Waals surface area contributed by atoms with Gasteiger partial charge in [-0.25, -0.2) is 4.39 Å². The molecule has 0 saturated heterocycles. The molecule has 1 aromatic carbocycles. The number of nitrogens with one attached hydrogen (secondary N) is 1. The Bertz CT molecular complexity index is 561. The average Bonchev–Trinajstić information content (AvgIpc) is 2.42. The van der Waals surface area contributed by atoms with Gasteiger partial charge in [0.05, 0.1) is 5.56 Å². The third-order valence-corrected chi connectivity index (χ3v) is 2.41. The molecule has 0 atom stereocenters. The highest BCUT2D eigenvalue weighted by Crippen LogP contribution is 2.10. The van der Waals surface area contributed by atoms with Crippen LogP contribution in [0.5, 0.6) is 0 Å². The predicted octanol–water partition coefficient (Wildman–Crippen LogP) is 0.165. The second kappa shape index (κ2) is 7.92. The molecule has 0 aromatic heterocycles. The first-order valence-corrected chi connectivity index (χ1v) is 6.00. The summed E-state index contributed by atoms with van der Waals surface area (Å²) in [4.78, 5) is 22.3. The van der Waals surface area contributed by atoms with Crippen molar-refractivity contribution in [2.75, 3.05) is 13.2 Å². The fourth-order valence-corrected chi connectivity index (χ4v) is 1.48. The zero-order chi connectivity index (χ0) is 15.0. The summed E-state index contributed by atoms with van der Waals surface area (Å²) in [6, 6.07) is 3.86. The Morgan fingerprint density at radius 1 is 1.40 bits per heavy atom. The van der Waals surface area contributed by atoms with Crippen LogP contribution in [0.1, 0.15) is 28.8 Å². The van der Waals surface area contributed by atoms with Crippen molar-refractivity contribution in [3.63, 3.8) is 0 Å². The molecule has 0 bridgehead atoms. The van der Waals surface area contributed by atoms with Crippen LogP contribution in [0.15, 0.2) is 18.2 Å². The molecule has 1 rings (SSSR count). The molecule has 20 heavy (non-hydrogen) atoms. The monoisotopic (exact) mass is 278 g/mol. The number of aliphatic hydroxyl groups is 1. The van der Waals surface area contributed by atoms with Crippen molar-refractivity contribution in [2.45, 2.75) is 12.8 Å². The van der Waals surface area contributed by atoms with Gasteiger partial charge in [0.15, 0.2) is 0 Å². The van der Waals surface area contributed by atoms with Crippen LogP contribution in [-0.2, 0) is 4.79 Å². The lowest BCUT2D eigenvalue weighted by molar-refractivity contribution is -0.118. The topological polar surface area (TPSA) is 92.4 Å². The van der Waals surface area contributed by atoms with Crippen molar-refractivity contribution in [3.05, 3.63) is 35.1 Å². The molecule has 0 spiro atoms. The van der Waals surface area contributed by atoms with E-state index in [4.69, 9.17) is 10.8 Å². The summed E-state index contributed by atoms with van der Waals surface area (Å²) < 4.78 is 13.5. The van der Waals surface area contributed by atoms with Crippen molar-refractivity contribution in [3.8, 4) is 11.8 Å². The highest BCUT2D eigenvalue weighted by molar-refractivity contribution is 5.94. The molecule has 0 radical (unpaired) electrons. The van der Waals surface area contributed by atoms with Crippen molar-refractivity contribution in [1.29, 1.82) is 0 Å². The van der Waals surface area contributed by atoms with Gasteiger partial charge in [0, 0.05) is 18.5 Å². The summed E-state index contributed by atoms with van der Waals surface area (Å²) in [6.07, 6.45) is 0.553. The first-order chi connectivity index (χ1) is 9.54. The first-order valence-electron chi connectivity index (χ1n) is 6.00. The van der Waals surface area contributed by atoms with Crippen LogP contribution in [0.25, 0.3) is 0 Å². The van der Waals surface area contributed by atoms with Gasteiger partial charge in [-0.15, -0.1) is 0 Å². The van der Waals surface area contributed by atoms with Crippen LogP contribution in [0.2, 0.25) is 0 Å². The van der Waals surface area contributed by atoms with E-state index in [-0.39, 0.29) is 25.1 Å². The molecule has 106 valence electrons. The van der Waals surface area contributed by atoms with Gasteiger partial charge in [-0.3, -0.25) is 9.59 Å². The Kier molecular flexibility index (Phi) is 6.20. The van der Waals surface area contributed by atoms with Crippen molar-refractivity contribution in [1.82, 2.24) is 5.32 Å². The molecular formula is C14H15FN2O3. The summed E-state index contributed by atoms with van der Waals surface area (Å²) in [5.74, 6) is 3.31. The summed E-state index contributed by atoms with van der Waals surface area (Å²) in [5.41, 5.74) is 5.27. The van der Waals surface area contributed by atoms with Gasteiger partial charge >= 0.3 is 0 Å². The maximum Gasteiger partial charge on any atom is 0.254 e. The molecule has 0 fully saturated rings. The highest BCUT2D eigenvalue weighted by Gasteiger charge is 2.11. The predicted molar refractivity (Wildman–Crippen MR) is 71.1 cm³/mol. The quantitative estimate of drug-likeness (QED) is 0.529. The molecule has 4 N–H and O–H groups in total. The second-order valence-electron chi connectivity index (χ2n) is 3.98. The fraction of sp³-hybridized carbons (Fsp3) is 0.286. The minimum Gasteiger partial charge on any atom is -0.384 e. The number of benzene rings is 1. The summed E-state index contributed by atoms with van der Waals surface area (Å²) in [7, 11) is 0. The van der Waals surface area contributed by atoms with Crippen LogP contribution in [0, 0.1) is 17.7 Å². The van der Waals surface area contributed by atoms with E-state index >= 15 is 0 Å². The SMILES string of the molecule is NC(=O)CCCNC(=O)c1cc(C#CCO)ccc1F. The number of carbonyl (C=O) groups excluding carboxylic acids is 2. The number of carbonyl (C=O) groups is 2. The number of hydrogen-bond donors (Lipinski definition) is 3. The van der Waals surface area contributed by atoms with E-state index in [0.717, 1.165) is 6.07 Å². The number of amides is 2. The number of halogens is 1. The van der Waals surface area contributed by atoms with Gasteiger partial charge in [0.1, 0.15) is 12.4 Å². The Morgan fingerprint density at radius 2 is 2.15 bits per heavy atom. The van der Waals surface area contributed by atoms with E-state index < -0.39 is 17.6 Å². The lowest BCUT2D eigenvalue weighted by Gasteiger charge is -2.06. The van der Waals surface area contributed by atoms with Crippen molar-refractivity contribution < 1.29 is 19.1 Å². The minimum absolute atomic E-state index is 0.131. The number of aliphatic hydroxyl groups excluding tert-OH is 1. The maximum atomic E-state index is 13.5. The van der Waals surface area contributed by atoms with Crippen LogP contribution in [-0.4, -0.2) is 30.1 Å². The first kappa shape index (κ1) is 15.7. The molecule has 0 aliphatic heterocycles. The van der Waals surface area contributed by atoms with Crippen LogP contribution < -0.4 is 11.1 Å². The maximum absolute atomic E-state index is 13.5. The van der Waals surface area contributed by atoms with Crippen LogP contribution in [0.4, 0.5) is 4.39 Å². The van der Waals surface area contributed by atoms with E-state index in [0.29, 0.717) is 12.0 Å². The van der Waals surface area contributed by atoms with Gasteiger partial charge in [0.25, 0.3) is 5.91 Å². The molecule has 0 saturated carbocycles. The van der Waals surface area contributed by atoms with E-state index in [9.17, 15) is 14.0 Å². The number of rotatable bonds is 5. The molecule has 0 aliphatic rings. The van der Waals surface area contributed by atoms with Crippen LogP contribution in [0.3, 0.4) is 0 Å². The third-order valence-electron chi connectivity index (χ3n) is 2.41. The van der Waals surface area contributed by atoms with Gasteiger partial charge in [-0.05, 0) is 24.6 Å². The zero-order valence-corrected chi connectivity index (χ0v) is 10.8. The zero-order valence-electron chi connectivity index (χ0n) is 10.8. The van der Waals surface area contributed by atoms with E-state index in [1.54, 1.807) is 0 Å². The number of nitrogens with two attached hydrogens (primary N) is 1. The molecule has 0 aliphatic carbocycles. The summed E-state index contributed by atoms with van der Waals surface area (Å²) in [5, 5.41) is 11.1. The summed E-state index contributed by atoms with van der Waals surface area (Å²) in [6.45, 7) is -0.0835. The van der Waals surface area contributed by atoms with E-state index in [2.05, 4.69) is 17.2 Å². The number of hydrogen-bond acceptors (Lipinski definition) is 3. The molecular weight excluding hydrogens is 263 g/mol. The lowest BCUT2D eigenvalue weighted by atomic mass is 10.1. The Hall–Kier alpha value is -2.39. The van der Waals surface area contributed by atoms with Crippen molar-refractivity contribution in [2.24, 2.45) is 5.73 Å². The Labute approximate surface area is 116 Å². The molecule has 2 amide bonds. The lowest BCUT2D eigenvalue weighted by Crippen LogP contribution is -2.26. The largest absolute Gasteiger partial charge is 0.384 e. The smallest absolute Gasteiger partial charge is 0.254 e. The minimum atomic E-state index is -0.660. The Balaban J connectivity index is 2.69. The molecule has 0 unspecified atom stereocenters. The van der Waals surface area contributed by atoms with Gasteiger partial charge < -0.3 is 16.2 Å².